The molecule has 0 aromatic heterocycles. The minimum absolute atomic E-state index is 0.00980. The van der Waals surface area contributed by atoms with Crippen molar-refractivity contribution in [1.82, 2.24) is 0 Å². The Hall–Kier alpha value is -3.57. The van der Waals surface area contributed by atoms with E-state index in [1.54, 1.807) is 0 Å². The van der Waals surface area contributed by atoms with Crippen molar-refractivity contribution in [2.24, 2.45) is 11.8 Å². The molecule has 0 bridgehead atoms. The van der Waals surface area contributed by atoms with Gasteiger partial charge in [-0.25, -0.2) is 9.59 Å². The quantitative estimate of drug-likeness (QED) is 0.100. The third kappa shape index (κ3) is 4.19. The van der Waals surface area contributed by atoms with E-state index in [1.807, 2.05) is 0 Å². The van der Waals surface area contributed by atoms with Crippen molar-refractivity contribution in [3.8, 4) is 11.5 Å². The third-order valence-corrected chi connectivity index (χ3v) is 8.30. The van der Waals surface area contributed by atoms with Gasteiger partial charge in [0, 0.05) is 11.5 Å². The first-order chi connectivity index (χ1) is 20.1. The minimum Gasteiger partial charge on any atom is -0.504 e. The fourth-order valence-electron chi connectivity index (χ4n) is 6.19. The molecular formula is C27H28O15. The summed E-state index contributed by atoms with van der Waals surface area (Å²) in [5, 5.41) is 50.4. The van der Waals surface area contributed by atoms with Crippen LogP contribution in [-0.2, 0) is 38.0 Å². The number of methoxy groups -OCH3 is 2. The molecule has 0 amide bonds. The first-order valence-corrected chi connectivity index (χ1v) is 13.0. The largest absolute Gasteiger partial charge is 0.504 e. The molecule has 15 nitrogen and oxygen atoms in total. The van der Waals surface area contributed by atoms with Gasteiger partial charge in [-0.05, 0) is 24.3 Å². The zero-order valence-electron chi connectivity index (χ0n) is 22.2. The maximum atomic E-state index is 13.4. The van der Waals surface area contributed by atoms with Crippen LogP contribution in [0.4, 0.5) is 0 Å². The highest BCUT2D eigenvalue weighted by Crippen LogP contribution is 2.62. The van der Waals surface area contributed by atoms with E-state index < -0.39 is 91.0 Å². The summed E-state index contributed by atoms with van der Waals surface area (Å²) in [5.74, 6) is -4.53. The van der Waals surface area contributed by atoms with Gasteiger partial charge < -0.3 is 58.7 Å². The summed E-state index contributed by atoms with van der Waals surface area (Å²) in [6.45, 7) is -0.704. The van der Waals surface area contributed by atoms with E-state index in [-0.39, 0.29) is 28.2 Å². The highest BCUT2D eigenvalue weighted by atomic mass is 16.8. The van der Waals surface area contributed by atoms with Gasteiger partial charge >= 0.3 is 11.9 Å². The Kier molecular flexibility index (Phi) is 7.00. The molecule has 3 fully saturated rings. The Morgan fingerprint density at radius 1 is 1.05 bits per heavy atom. The number of ketones is 1. The Balaban J connectivity index is 1.37. The lowest BCUT2D eigenvalue weighted by molar-refractivity contribution is -0.347. The van der Waals surface area contributed by atoms with E-state index in [0.29, 0.717) is 0 Å². The van der Waals surface area contributed by atoms with Crippen LogP contribution in [0.2, 0.25) is 0 Å². The van der Waals surface area contributed by atoms with E-state index in [4.69, 9.17) is 33.2 Å². The molecule has 15 heteroatoms. The normalized spacial score (nSPS) is 39.8. The Bertz CT molecular complexity index is 1370. The van der Waals surface area contributed by atoms with E-state index in [2.05, 4.69) is 0 Å². The molecule has 1 saturated carbocycles. The average Bonchev–Trinajstić information content (AvgIpc) is 3.66. The molecule has 1 aliphatic carbocycles. The lowest BCUT2D eigenvalue weighted by Crippen LogP contribution is -2.61. The van der Waals surface area contributed by atoms with Crippen molar-refractivity contribution in [3.63, 3.8) is 0 Å². The molecule has 0 radical (unpaired) electrons. The van der Waals surface area contributed by atoms with Gasteiger partial charge in [-0.3, -0.25) is 4.79 Å². The molecule has 1 aromatic rings. The van der Waals surface area contributed by atoms with E-state index in [1.165, 1.54) is 38.5 Å². The summed E-state index contributed by atoms with van der Waals surface area (Å²) in [6, 6.07) is 3.80. The average molecular weight is 593 g/mol. The van der Waals surface area contributed by atoms with Gasteiger partial charge in [0.25, 0.3) is 0 Å². The molecule has 5 aliphatic rings. The predicted octanol–water partition coefficient (Wildman–Crippen LogP) is -1.95. The molecule has 2 saturated heterocycles. The van der Waals surface area contributed by atoms with Gasteiger partial charge in [-0.15, -0.1) is 0 Å². The number of hydrogen-bond acceptors (Lipinski definition) is 15. The fraction of sp³-hybridized carbons (Fsp3) is 0.519. The number of fused-ring (bicyclic) bond motifs is 5. The summed E-state index contributed by atoms with van der Waals surface area (Å²) in [6.07, 6.45) is -8.57. The highest BCUT2D eigenvalue weighted by molar-refractivity contribution is 6.25. The summed E-state index contributed by atoms with van der Waals surface area (Å²) >= 11 is 0. The van der Waals surface area contributed by atoms with Crippen LogP contribution in [0, 0.1) is 11.8 Å². The van der Waals surface area contributed by atoms with Crippen molar-refractivity contribution < 1.29 is 73.1 Å². The second-order valence-electron chi connectivity index (χ2n) is 10.5. The Labute approximate surface area is 237 Å². The fourth-order valence-corrected chi connectivity index (χ4v) is 6.19. The lowest BCUT2D eigenvalue weighted by Gasteiger charge is -2.45. The van der Waals surface area contributed by atoms with Crippen molar-refractivity contribution in [2.45, 2.75) is 54.8 Å². The van der Waals surface area contributed by atoms with Crippen LogP contribution in [0.25, 0.3) is 0 Å². The number of ether oxygens (including phenoxy) is 7. The number of phenolic OH excluding ortho intramolecular Hbond substituents is 1. The molecule has 1 aromatic carbocycles. The molecule has 1 spiro atoms. The number of carbonyl (C=O) groups is 3. The second-order valence-corrected chi connectivity index (χ2v) is 10.5. The monoisotopic (exact) mass is 592 g/mol. The number of epoxide rings is 1. The van der Waals surface area contributed by atoms with Crippen LogP contribution in [-0.4, -0.2) is 119 Å². The van der Waals surface area contributed by atoms with Crippen LogP contribution in [0.5, 0.6) is 11.5 Å². The van der Waals surface area contributed by atoms with E-state index >= 15 is 0 Å². The Morgan fingerprint density at radius 3 is 2.50 bits per heavy atom. The number of hydrogen-bond donors (Lipinski definition) is 5. The van der Waals surface area contributed by atoms with Crippen LogP contribution in [0.15, 0.2) is 41.7 Å². The predicted molar refractivity (Wildman–Crippen MR) is 131 cm³/mol. The lowest BCUT2D eigenvalue weighted by atomic mass is 9.78. The van der Waals surface area contributed by atoms with Crippen molar-refractivity contribution in [2.75, 3.05) is 20.8 Å². The van der Waals surface area contributed by atoms with Crippen LogP contribution in [0.1, 0.15) is 10.4 Å². The van der Waals surface area contributed by atoms with Gasteiger partial charge in [0.05, 0.1) is 44.7 Å². The van der Waals surface area contributed by atoms with Crippen LogP contribution in [0.3, 0.4) is 0 Å². The van der Waals surface area contributed by atoms with Crippen molar-refractivity contribution in [1.29, 1.82) is 0 Å². The molecule has 42 heavy (non-hydrogen) atoms. The first-order valence-electron chi connectivity index (χ1n) is 13.0. The number of phenols is 1. The van der Waals surface area contributed by atoms with Crippen LogP contribution < -0.4 is 4.74 Å². The minimum atomic E-state index is -1.78. The number of benzene rings is 1. The maximum Gasteiger partial charge on any atom is 0.342 e. The molecule has 11 atom stereocenters. The summed E-state index contributed by atoms with van der Waals surface area (Å²) in [7, 11) is 2.47. The van der Waals surface area contributed by atoms with Crippen molar-refractivity contribution >= 4 is 17.7 Å². The topological polar surface area (TPSA) is 220 Å². The van der Waals surface area contributed by atoms with E-state index in [0.717, 1.165) is 6.26 Å². The number of aliphatic hydroxyl groups excluding tert-OH is 4. The zero-order valence-corrected chi connectivity index (χ0v) is 22.2. The molecule has 6 rings (SSSR count). The smallest absolute Gasteiger partial charge is 0.342 e. The molecular weight excluding hydrogens is 564 g/mol. The van der Waals surface area contributed by atoms with E-state index in [9.17, 15) is 39.9 Å². The number of Topliss-reactive ketones (excluding diaryl/α,β-unsaturated/α-hetero) is 1. The van der Waals surface area contributed by atoms with Gasteiger partial charge in [-0.2, -0.15) is 0 Å². The summed E-state index contributed by atoms with van der Waals surface area (Å²) in [4.78, 5) is 39.3. The first kappa shape index (κ1) is 28.5. The van der Waals surface area contributed by atoms with Gasteiger partial charge in [0.15, 0.2) is 29.2 Å². The number of aromatic hydroxyl groups is 1. The highest BCUT2D eigenvalue weighted by Gasteiger charge is 2.78. The van der Waals surface area contributed by atoms with Gasteiger partial charge in [-0.1, -0.05) is 0 Å². The molecule has 5 N–H and O–H groups in total. The Morgan fingerprint density at radius 2 is 1.81 bits per heavy atom. The SMILES string of the molecule is COC(=O)C1=CO[C@H](O[C@@H]2O[C@H](CO)[C@H](O)[C@H](O)[C@H]2O)[C@H]2[C@@H]1[C@H]1O[C@H]1[C@]21C=C(C(=O)c2ccc(O)c(OC)c2)C(=O)O1. The molecule has 4 heterocycles. The molecule has 226 valence electrons. The number of carbonyl (C=O) groups excluding carboxylic acids is 3. The summed E-state index contributed by atoms with van der Waals surface area (Å²) < 4.78 is 38.7. The molecule has 4 aliphatic heterocycles. The standard InChI is InChI=1S/C27H28O15/c1-36-13-5-9(3-4-12(13)29)17(30)10-6-27(42-24(10)35)16-15(21-22(27)40-21)11(23(34)37-2)8-38-25(16)41-26-20(33)19(32)18(31)14(7-28)39-26/h3-6,8,14-16,18-22,25-26,28-29,31-33H,7H2,1-2H3/t14-,15-,16-,18+,19+,20-,21-,22-,25-,26+,27+/m1/s1. The van der Waals surface area contributed by atoms with Gasteiger partial charge in [0.1, 0.15) is 36.1 Å². The molecule has 0 unspecified atom stereocenters. The summed E-state index contributed by atoms with van der Waals surface area (Å²) in [5.41, 5.74) is -1.95. The maximum absolute atomic E-state index is 13.4. The second kappa shape index (κ2) is 10.3. The van der Waals surface area contributed by atoms with Crippen molar-refractivity contribution in [3.05, 3.63) is 47.2 Å². The number of aliphatic hydroxyl groups is 4. The zero-order chi connectivity index (χ0) is 30.1. The van der Waals surface area contributed by atoms with Gasteiger partial charge in [0.2, 0.25) is 6.29 Å². The third-order valence-electron chi connectivity index (χ3n) is 8.30. The number of rotatable bonds is 7. The number of esters is 2. The van der Waals surface area contributed by atoms with Crippen LogP contribution >= 0.6 is 0 Å².